The van der Waals surface area contributed by atoms with Crippen LogP contribution in [-0.2, 0) is 16.0 Å². The maximum Gasteiger partial charge on any atom is 0.410 e. The van der Waals surface area contributed by atoms with E-state index in [1.807, 2.05) is 33.1 Å². The maximum absolute atomic E-state index is 12.0. The number of rotatable bonds is 6. The fraction of sp³-hybridized carbons (Fsp3) is 0.722. The Morgan fingerprint density at radius 3 is 2.54 bits per heavy atom. The molecule has 0 aliphatic carbocycles. The van der Waals surface area contributed by atoms with Crippen LogP contribution in [0.25, 0.3) is 0 Å². The predicted octanol–water partition coefficient (Wildman–Crippen LogP) is 2.05. The molecule has 8 heteroatoms. The standard InChI is InChI=1S/C18H30N4O3S/c1-14-20-15(13-26-14)12-16(23)19-6-5-7-21-8-10-22(11-9-21)17(24)25-18(2,3)4/h13H,5-12H2,1-4H3,(H,19,23). The van der Waals surface area contributed by atoms with Crippen molar-refractivity contribution < 1.29 is 14.3 Å². The molecule has 1 N–H and O–H groups in total. The van der Waals surface area contributed by atoms with Gasteiger partial charge in [-0.15, -0.1) is 11.3 Å². The van der Waals surface area contributed by atoms with E-state index in [1.165, 1.54) is 0 Å². The monoisotopic (exact) mass is 382 g/mol. The first-order valence-corrected chi connectivity index (χ1v) is 9.99. The molecule has 7 nitrogen and oxygen atoms in total. The van der Waals surface area contributed by atoms with E-state index >= 15 is 0 Å². The van der Waals surface area contributed by atoms with Gasteiger partial charge < -0.3 is 15.0 Å². The Morgan fingerprint density at radius 2 is 1.96 bits per heavy atom. The summed E-state index contributed by atoms with van der Waals surface area (Å²) >= 11 is 1.56. The van der Waals surface area contributed by atoms with Crippen LogP contribution in [0, 0.1) is 6.92 Å². The lowest BCUT2D eigenvalue weighted by atomic mass is 10.2. The zero-order valence-corrected chi connectivity index (χ0v) is 17.0. The number of hydrogen-bond donors (Lipinski definition) is 1. The van der Waals surface area contributed by atoms with Gasteiger partial charge in [-0.25, -0.2) is 9.78 Å². The highest BCUT2D eigenvalue weighted by atomic mass is 32.1. The van der Waals surface area contributed by atoms with Crippen LogP contribution in [0.15, 0.2) is 5.38 Å². The first-order valence-electron chi connectivity index (χ1n) is 9.11. The van der Waals surface area contributed by atoms with Crippen LogP contribution in [0.3, 0.4) is 0 Å². The van der Waals surface area contributed by atoms with E-state index in [4.69, 9.17) is 4.74 Å². The fourth-order valence-electron chi connectivity index (χ4n) is 2.73. The minimum absolute atomic E-state index is 0.0186. The molecule has 1 aromatic rings. The summed E-state index contributed by atoms with van der Waals surface area (Å²) in [5.74, 6) is 0.0186. The largest absolute Gasteiger partial charge is 0.444 e. The number of amides is 2. The number of nitrogens with one attached hydrogen (secondary N) is 1. The van der Waals surface area contributed by atoms with Crippen molar-refractivity contribution in [3.8, 4) is 0 Å². The van der Waals surface area contributed by atoms with E-state index in [1.54, 1.807) is 16.2 Å². The van der Waals surface area contributed by atoms with Gasteiger partial charge in [0.1, 0.15) is 5.60 Å². The summed E-state index contributed by atoms with van der Waals surface area (Å²) in [5.41, 5.74) is 0.382. The Labute approximate surface area is 159 Å². The first-order chi connectivity index (χ1) is 12.2. The van der Waals surface area contributed by atoms with Crippen LogP contribution in [0.5, 0.6) is 0 Å². The minimum Gasteiger partial charge on any atom is -0.444 e. The van der Waals surface area contributed by atoms with Crippen molar-refractivity contribution in [3.05, 3.63) is 16.1 Å². The number of carbonyl (C=O) groups excluding carboxylic acids is 2. The molecule has 0 atom stereocenters. The van der Waals surface area contributed by atoms with Crippen LogP contribution in [0.1, 0.15) is 37.9 Å². The van der Waals surface area contributed by atoms with E-state index in [2.05, 4.69) is 15.2 Å². The number of thiazole rings is 1. The molecule has 1 aliphatic heterocycles. The molecule has 2 amide bonds. The van der Waals surface area contributed by atoms with Crippen LogP contribution in [-0.4, -0.2) is 71.7 Å². The Balaban J connectivity index is 1.57. The predicted molar refractivity (Wildman–Crippen MR) is 102 cm³/mol. The van der Waals surface area contributed by atoms with Gasteiger partial charge in [-0.05, 0) is 40.7 Å². The summed E-state index contributed by atoms with van der Waals surface area (Å²) in [6.45, 7) is 12.2. The first kappa shape index (κ1) is 20.6. The summed E-state index contributed by atoms with van der Waals surface area (Å²) in [6.07, 6.45) is 1.01. The van der Waals surface area contributed by atoms with Crippen molar-refractivity contribution in [2.24, 2.45) is 0 Å². The van der Waals surface area contributed by atoms with Crippen LogP contribution >= 0.6 is 11.3 Å². The van der Waals surface area contributed by atoms with Crippen molar-refractivity contribution in [1.82, 2.24) is 20.1 Å². The van der Waals surface area contributed by atoms with E-state index < -0.39 is 5.60 Å². The van der Waals surface area contributed by atoms with E-state index in [0.29, 0.717) is 26.1 Å². The number of ether oxygens (including phenoxy) is 1. The lowest BCUT2D eigenvalue weighted by molar-refractivity contribution is -0.120. The van der Waals surface area contributed by atoms with Crippen LogP contribution in [0.2, 0.25) is 0 Å². The number of aryl methyl sites for hydroxylation is 1. The third-order valence-electron chi connectivity index (χ3n) is 4.01. The Morgan fingerprint density at radius 1 is 1.27 bits per heavy atom. The third-order valence-corrected chi connectivity index (χ3v) is 4.83. The molecule has 146 valence electrons. The summed E-state index contributed by atoms with van der Waals surface area (Å²) in [6, 6.07) is 0. The zero-order valence-electron chi connectivity index (χ0n) is 16.2. The lowest BCUT2D eigenvalue weighted by Gasteiger charge is -2.35. The summed E-state index contributed by atoms with van der Waals surface area (Å²) in [7, 11) is 0. The van der Waals surface area contributed by atoms with Gasteiger partial charge in [-0.3, -0.25) is 9.69 Å². The minimum atomic E-state index is -0.455. The molecule has 26 heavy (non-hydrogen) atoms. The number of aromatic nitrogens is 1. The second-order valence-electron chi connectivity index (χ2n) is 7.55. The van der Waals surface area contributed by atoms with Crippen molar-refractivity contribution in [3.63, 3.8) is 0 Å². The molecule has 0 saturated carbocycles. The van der Waals surface area contributed by atoms with E-state index in [-0.39, 0.29) is 12.0 Å². The highest BCUT2D eigenvalue weighted by molar-refractivity contribution is 7.09. The molecule has 0 aromatic carbocycles. The smallest absolute Gasteiger partial charge is 0.410 e. The van der Waals surface area contributed by atoms with Gasteiger partial charge in [-0.1, -0.05) is 0 Å². The zero-order chi connectivity index (χ0) is 19.2. The Kier molecular flexibility index (Phi) is 7.40. The van der Waals surface area contributed by atoms with E-state index in [9.17, 15) is 9.59 Å². The topological polar surface area (TPSA) is 74.8 Å². The SMILES string of the molecule is Cc1nc(CC(=O)NCCCN2CCN(C(=O)OC(C)(C)C)CC2)cs1. The highest BCUT2D eigenvalue weighted by Crippen LogP contribution is 2.12. The normalized spacial score (nSPS) is 15.8. The second kappa shape index (κ2) is 9.32. The summed E-state index contributed by atoms with van der Waals surface area (Å²) in [5, 5.41) is 5.86. The van der Waals surface area contributed by atoms with Crippen molar-refractivity contribution in [1.29, 1.82) is 0 Å². The van der Waals surface area contributed by atoms with Crippen LogP contribution < -0.4 is 5.32 Å². The average molecular weight is 383 g/mol. The molecule has 1 aromatic heterocycles. The number of nitrogens with zero attached hydrogens (tertiary/aromatic N) is 3. The molecule has 1 aliphatic rings. The lowest BCUT2D eigenvalue weighted by Crippen LogP contribution is -2.50. The fourth-order valence-corrected chi connectivity index (χ4v) is 3.34. The molecule has 2 heterocycles. The average Bonchev–Trinajstić information content (AvgIpc) is 2.95. The van der Waals surface area contributed by atoms with Gasteiger partial charge in [0.25, 0.3) is 0 Å². The number of carbonyl (C=O) groups is 2. The second-order valence-corrected chi connectivity index (χ2v) is 8.61. The van der Waals surface area contributed by atoms with Crippen molar-refractivity contribution >= 4 is 23.3 Å². The Hall–Kier alpha value is -1.67. The van der Waals surface area contributed by atoms with Gasteiger partial charge in [0.2, 0.25) is 5.91 Å². The molecular weight excluding hydrogens is 352 g/mol. The third kappa shape index (κ3) is 7.29. The molecule has 1 fully saturated rings. The molecule has 0 spiro atoms. The van der Waals surface area contributed by atoms with Gasteiger partial charge in [0.15, 0.2) is 0 Å². The van der Waals surface area contributed by atoms with Gasteiger partial charge >= 0.3 is 6.09 Å². The quantitative estimate of drug-likeness (QED) is 0.762. The summed E-state index contributed by atoms with van der Waals surface area (Å²) in [4.78, 5) is 32.3. The van der Waals surface area contributed by atoms with Gasteiger partial charge in [0.05, 0.1) is 17.1 Å². The van der Waals surface area contributed by atoms with Crippen LogP contribution in [0.4, 0.5) is 4.79 Å². The van der Waals surface area contributed by atoms with Crippen molar-refractivity contribution in [2.75, 3.05) is 39.3 Å². The maximum atomic E-state index is 12.0. The number of piperazine rings is 1. The molecule has 0 unspecified atom stereocenters. The molecule has 1 saturated heterocycles. The Bertz CT molecular complexity index is 604. The molecule has 0 radical (unpaired) electrons. The van der Waals surface area contributed by atoms with Crippen molar-refractivity contribution in [2.45, 2.75) is 46.1 Å². The molecular formula is C18H30N4O3S. The highest BCUT2D eigenvalue weighted by Gasteiger charge is 2.25. The summed E-state index contributed by atoms with van der Waals surface area (Å²) < 4.78 is 5.40. The van der Waals surface area contributed by atoms with E-state index in [0.717, 1.165) is 36.8 Å². The molecule has 2 rings (SSSR count). The molecule has 0 bridgehead atoms. The number of hydrogen-bond acceptors (Lipinski definition) is 6. The van der Waals surface area contributed by atoms with Gasteiger partial charge in [-0.2, -0.15) is 0 Å². The van der Waals surface area contributed by atoms with Gasteiger partial charge in [0, 0.05) is 38.1 Å².